The van der Waals surface area contributed by atoms with Crippen molar-refractivity contribution in [3.05, 3.63) is 64.7 Å². The van der Waals surface area contributed by atoms with Crippen LogP contribution >= 0.6 is 24.0 Å². The number of carboxylic acid groups (broad SMARTS) is 1. The molecule has 2 aromatic carbocycles. The summed E-state index contributed by atoms with van der Waals surface area (Å²) in [6.07, 6.45) is 0. The van der Waals surface area contributed by atoms with E-state index in [0.717, 1.165) is 0 Å². The van der Waals surface area contributed by atoms with Crippen LogP contribution in [0.1, 0.15) is 29.8 Å². The molecule has 0 aliphatic heterocycles. The van der Waals surface area contributed by atoms with E-state index in [0.29, 0.717) is 21.9 Å². The average Bonchev–Trinajstić information content (AvgIpc) is 2.57. The van der Waals surface area contributed by atoms with Gasteiger partial charge in [-0.05, 0) is 62.4 Å². The summed E-state index contributed by atoms with van der Waals surface area (Å²) in [5.41, 5.74) is -0.448. The molecule has 0 spiro atoms. The number of hydrogen-bond donors (Lipinski definition) is 3. The van der Waals surface area contributed by atoms with Crippen LogP contribution in [0.4, 0.5) is 0 Å². The molecule has 152 valence electrons. The lowest BCUT2D eigenvalue weighted by Crippen LogP contribution is -2.47. The maximum Gasteiger partial charge on any atom is 0.193 e. The van der Waals surface area contributed by atoms with Crippen molar-refractivity contribution in [2.45, 2.75) is 19.4 Å². The summed E-state index contributed by atoms with van der Waals surface area (Å²) < 4.78 is 5.33. The topological polar surface area (TPSA) is 178 Å². The predicted octanol–water partition coefficient (Wildman–Crippen LogP) is 2.22. The second-order valence-corrected chi connectivity index (χ2v) is 5.70. The number of ether oxygens (including phenoxy) is 1. The van der Waals surface area contributed by atoms with E-state index >= 15 is 0 Å². The number of benzene rings is 2. The van der Waals surface area contributed by atoms with E-state index in [1.54, 1.807) is 48.5 Å². The fourth-order valence-electron chi connectivity index (χ4n) is 1.78. The molecule has 7 N–H and O–H groups in total. The first-order valence-corrected chi connectivity index (χ1v) is 7.24. The zero-order chi connectivity index (χ0) is 18.3. The monoisotopic (exact) mass is 420 g/mol. The highest BCUT2D eigenvalue weighted by Crippen LogP contribution is 2.20. The number of halogens is 2. The molecular formula is C17H22Cl2N2O6-2. The van der Waals surface area contributed by atoms with E-state index in [2.05, 4.69) is 5.90 Å². The second kappa shape index (κ2) is 13.0. The van der Waals surface area contributed by atoms with Crippen LogP contribution in [0, 0.1) is 0 Å². The molecule has 0 fully saturated rings. The smallest absolute Gasteiger partial charge is 0.193 e. The van der Waals surface area contributed by atoms with Gasteiger partial charge in [0.25, 0.3) is 0 Å². The van der Waals surface area contributed by atoms with E-state index in [1.807, 2.05) is 0 Å². The maximum atomic E-state index is 12.3. The predicted molar refractivity (Wildman–Crippen MR) is 101 cm³/mol. The molecule has 0 bridgehead atoms. The normalized spacial score (nSPS) is 9.22. The summed E-state index contributed by atoms with van der Waals surface area (Å²) in [6, 6.07) is 12.9. The molecule has 0 aromatic heterocycles. The van der Waals surface area contributed by atoms with Gasteiger partial charge in [-0.1, -0.05) is 11.6 Å². The molecule has 0 radical (unpaired) electrons. The maximum absolute atomic E-state index is 12.3. The van der Waals surface area contributed by atoms with Crippen molar-refractivity contribution < 1.29 is 30.1 Å². The number of nitrogens with two attached hydrogens (primary N) is 1. The molecule has 0 heterocycles. The van der Waals surface area contributed by atoms with Gasteiger partial charge in [0, 0.05) is 16.1 Å². The lowest BCUT2D eigenvalue weighted by atomic mass is 10.0. The van der Waals surface area contributed by atoms with Gasteiger partial charge >= 0.3 is 0 Å². The van der Waals surface area contributed by atoms with Gasteiger partial charge in [0.05, 0.1) is 5.97 Å². The number of aliphatic carboxylic acids is 1. The minimum absolute atomic E-state index is 0. The molecule has 2 rings (SSSR count). The summed E-state index contributed by atoms with van der Waals surface area (Å²) in [5, 5.41) is 18.0. The first-order valence-electron chi connectivity index (χ1n) is 6.86. The quantitative estimate of drug-likeness (QED) is 0.486. The van der Waals surface area contributed by atoms with Crippen molar-refractivity contribution in [2.24, 2.45) is 5.90 Å². The molecule has 27 heavy (non-hydrogen) atoms. The highest BCUT2D eigenvalue weighted by molar-refractivity contribution is 6.30. The molecule has 0 aliphatic carbocycles. The minimum atomic E-state index is -1.44. The molecule has 10 heteroatoms. The van der Waals surface area contributed by atoms with Gasteiger partial charge in [0.15, 0.2) is 5.78 Å². The van der Waals surface area contributed by atoms with E-state index in [9.17, 15) is 14.7 Å². The van der Waals surface area contributed by atoms with Gasteiger partial charge in [-0.3, -0.25) is 4.79 Å². The Morgan fingerprint density at radius 1 is 1.00 bits per heavy atom. The number of rotatable bonds is 5. The standard InChI is InChI=1S/C17H15ClO4.ClH.H3NO.H3N.H2O/c1-17(2,16(20)21)22-14-9-5-12(6-10-14)15(19)11-3-7-13(18)8-4-11;;1-2;;/h3-10H,1-2H3,(H,20,21);1H;2H,1H2;1H3;1H2/p-2. The number of carboxylic acids is 1. The fraction of sp³-hybridized carbons (Fsp3) is 0.176. The summed E-state index contributed by atoms with van der Waals surface area (Å²) in [5.74, 6) is 2.39. The SMILES string of the molecule is CC(C)(Oc1ccc(C(=O)c2ccc(Cl)cc2)cc1)C(=O)[O-].Cl.N.NO.[OH-]. The molecule has 0 atom stereocenters. The number of carbonyl (C=O) groups is 2. The lowest BCUT2D eigenvalue weighted by molar-refractivity contribution is -0.320. The highest BCUT2D eigenvalue weighted by Gasteiger charge is 2.21. The Bertz CT molecular complexity index is 706. The Morgan fingerprint density at radius 2 is 1.37 bits per heavy atom. The van der Waals surface area contributed by atoms with Crippen molar-refractivity contribution in [1.29, 1.82) is 0 Å². The Kier molecular flexibility index (Phi) is 14.3. The minimum Gasteiger partial charge on any atom is -0.870 e. The van der Waals surface area contributed by atoms with Crippen molar-refractivity contribution in [3.63, 3.8) is 0 Å². The summed E-state index contributed by atoms with van der Waals surface area (Å²) in [6.45, 7) is 2.80. The third-order valence-electron chi connectivity index (χ3n) is 3.09. The van der Waals surface area contributed by atoms with Gasteiger partial charge < -0.3 is 31.5 Å². The van der Waals surface area contributed by atoms with Gasteiger partial charge in [-0.25, -0.2) is 5.90 Å². The molecule has 0 aliphatic rings. The first kappa shape index (κ1) is 29.6. The van der Waals surface area contributed by atoms with Crippen molar-refractivity contribution in [1.82, 2.24) is 6.15 Å². The van der Waals surface area contributed by atoms with E-state index in [4.69, 9.17) is 21.5 Å². The molecule has 0 unspecified atom stereocenters. The molecular weight excluding hydrogens is 399 g/mol. The van der Waals surface area contributed by atoms with E-state index in [-0.39, 0.29) is 29.8 Å². The van der Waals surface area contributed by atoms with Crippen LogP contribution in [-0.4, -0.2) is 28.0 Å². The first-order chi connectivity index (χ1) is 11.3. The third kappa shape index (κ3) is 8.35. The van der Waals surface area contributed by atoms with E-state index < -0.39 is 11.6 Å². The molecule has 0 saturated heterocycles. The van der Waals surface area contributed by atoms with E-state index in [1.165, 1.54) is 13.8 Å². The molecule has 0 amide bonds. The van der Waals surface area contributed by atoms with Gasteiger partial charge in [0.2, 0.25) is 0 Å². The van der Waals surface area contributed by atoms with Crippen LogP contribution in [0.2, 0.25) is 5.02 Å². The van der Waals surface area contributed by atoms with Crippen LogP contribution in [0.25, 0.3) is 0 Å². The highest BCUT2D eigenvalue weighted by atomic mass is 35.5. The van der Waals surface area contributed by atoms with Crippen molar-refractivity contribution in [3.8, 4) is 5.75 Å². The second-order valence-electron chi connectivity index (χ2n) is 5.26. The fourth-order valence-corrected chi connectivity index (χ4v) is 1.90. The third-order valence-corrected chi connectivity index (χ3v) is 3.34. The number of ketones is 1. The van der Waals surface area contributed by atoms with Crippen LogP contribution in [0.3, 0.4) is 0 Å². The molecule has 2 aromatic rings. The number of carbonyl (C=O) groups excluding carboxylic acids is 2. The summed E-state index contributed by atoms with van der Waals surface area (Å²) in [4.78, 5) is 23.2. The average molecular weight is 421 g/mol. The van der Waals surface area contributed by atoms with Crippen molar-refractivity contribution >= 4 is 35.8 Å². The van der Waals surface area contributed by atoms with Gasteiger partial charge in [-0.2, -0.15) is 0 Å². The van der Waals surface area contributed by atoms with Gasteiger partial charge in [0.1, 0.15) is 11.4 Å². The van der Waals surface area contributed by atoms with Crippen LogP contribution < -0.4 is 21.9 Å². The molecule has 8 nitrogen and oxygen atoms in total. The lowest BCUT2D eigenvalue weighted by Gasteiger charge is -2.27. The molecule has 0 saturated carbocycles. The van der Waals surface area contributed by atoms with Crippen molar-refractivity contribution in [2.75, 3.05) is 0 Å². The largest absolute Gasteiger partial charge is 0.870 e. The summed E-state index contributed by atoms with van der Waals surface area (Å²) in [7, 11) is 0. The van der Waals surface area contributed by atoms with Gasteiger partial charge in [-0.15, -0.1) is 12.4 Å². The van der Waals surface area contributed by atoms with Crippen LogP contribution in [0.15, 0.2) is 48.5 Å². The Balaban J connectivity index is -0.00000111. The van der Waals surface area contributed by atoms with Crippen LogP contribution in [0.5, 0.6) is 5.75 Å². The Labute approximate surface area is 168 Å². The number of hydrogen-bond acceptors (Lipinski definition) is 8. The Hall–Kier alpha value is -2.20. The summed E-state index contributed by atoms with van der Waals surface area (Å²) >= 11 is 5.79. The van der Waals surface area contributed by atoms with Crippen LogP contribution in [-0.2, 0) is 4.79 Å². The Morgan fingerprint density at radius 3 is 1.74 bits per heavy atom. The zero-order valence-corrected chi connectivity index (χ0v) is 16.3. The zero-order valence-electron chi connectivity index (χ0n) is 14.7.